The Morgan fingerprint density at radius 1 is 1.13 bits per heavy atom. The Kier molecular flexibility index (Phi) is 8.06. The first kappa shape index (κ1) is 23.2. The van der Waals surface area contributed by atoms with Gasteiger partial charge in [-0.15, -0.1) is 0 Å². The van der Waals surface area contributed by atoms with Crippen LogP contribution in [0.2, 0.25) is 0 Å². The molecule has 2 aromatic rings. The smallest absolute Gasteiger partial charge is 0.251 e. The number of likely N-dealkylation sites (tertiary alicyclic amines) is 1. The van der Waals surface area contributed by atoms with Crippen molar-refractivity contribution in [3.63, 3.8) is 0 Å². The Balaban J connectivity index is 1.82. The Morgan fingerprint density at radius 3 is 2.48 bits per heavy atom. The molecule has 31 heavy (non-hydrogen) atoms. The summed E-state index contributed by atoms with van der Waals surface area (Å²) in [6.07, 6.45) is 2.44. The molecule has 168 valence electrons. The van der Waals surface area contributed by atoms with E-state index in [2.05, 4.69) is 14.9 Å². The van der Waals surface area contributed by atoms with E-state index in [1.807, 2.05) is 42.5 Å². The monoisotopic (exact) mass is 445 g/mol. The summed E-state index contributed by atoms with van der Waals surface area (Å²) in [5.74, 6) is 0.622. The molecule has 1 heterocycles. The Labute approximate surface area is 184 Å². The van der Waals surface area contributed by atoms with Gasteiger partial charge in [0.05, 0.1) is 25.1 Å². The van der Waals surface area contributed by atoms with Gasteiger partial charge in [0.1, 0.15) is 5.75 Å². The van der Waals surface area contributed by atoms with Gasteiger partial charge < -0.3 is 10.1 Å². The third-order valence-corrected chi connectivity index (χ3v) is 6.98. The number of piperidine rings is 1. The van der Waals surface area contributed by atoms with Crippen LogP contribution in [-0.2, 0) is 10.0 Å². The van der Waals surface area contributed by atoms with E-state index in [4.69, 9.17) is 4.74 Å². The number of sulfonamides is 1. The average molecular weight is 446 g/mol. The van der Waals surface area contributed by atoms with Crippen LogP contribution in [0.1, 0.15) is 48.1 Å². The third kappa shape index (κ3) is 6.53. The molecule has 0 saturated carbocycles. The average Bonchev–Trinajstić information content (AvgIpc) is 2.80. The zero-order chi connectivity index (χ0) is 22.3. The van der Waals surface area contributed by atoms with E-state index in [0.29, 0.717) is 12.1 Å². The number of hydrogen-bond acceptors (Lipinski definition) is 5. The van der Waals surface area contributed by atoms with Crippen LogP contribution in [0.15, 0.2) is 54.6 Å². The highest BCUT2D eigenvalue weighted by Crippen LogP contribution is 2.23. The summed E-state index contributed by atoms with van der Waals surface area (Å²) in [5, 5.41) is 3.13. The lowest BCUT2D eigenvalue weighted by molar-refractivity contribution is 0.0884. The second kappa shape index (κ2) is 10.7. The van der Waals surface area contributed by atoms with Crippen molar-refractivity contribution in [1.29, 1.82) is 0 Å². The van der Waals surface area contributed by atoms with Crippen molar-refractivity contribution in [1.82, 2.24) is 14.9 Å². The summed E-state index contributed by atoms with van der Waals surface area (Å²) in [7, 11) is -1.71. The Hall–Kier alpha value is -2.42. The summed E-state index contributed by atoms with van der Waals surface area (Å²) in [5.41, 5.74) is 1.52. The first-order valence-electron chi connectivity index (χ1n) is 10.7. The van der Waals surface area contributed by atoms with E-state index >= 15 is 0 Å². The normalized spacial score (nSPS) is 18.3. The first-order valence-corrected chi connectivity index (χ1v) is 12.3. The molecule has 1 aliphatic rings. The number of carbonyl (C=O) groups excluding carboxylic acids is 1. The largest absolute Gasteiger partial charge is 0.497 e. The molecule has 1 aliphatic heterocycles. The molecule has 0 spiro atoms. The van der Waals surface area contributed by atoms with Gasteiger partial charge in [-0.2, -0.15) is 4.72 Å². The van der Waals surface area contributed by atoms with Gasteiger partial charge in [0.25, 0.3) is 5.91 Å². The lowest BCUT2D eigenvalue weighted by Gasteiger charge is -2.38. The van der Waals surface area contributed by atoms with Crippen molar-refractivity contribution in [2.24, 2.45) is 0 Å². The highest BCUT2D eigenvalue weighted by Gasteiger charge is 2.29. The van der Waals surface area contributed by atoms with Gasteiger partial charge in [0.2, 0.25) is 10.0 Å². The van der Waals surface area contributed by atoms with Gasteiger partial charge in [-0.25, -0.2) is 8.42 Å². The number of ether oxygens (including phenoxy) is 1. The van der Waals surface area contributed by atoms with Crippen LogP contribution >= 0.6 is 0 Å². The lowest BCUT2D eigenvalue weighted by atomic mass is 10.0. The summed E-state index contributed by atoms with van der Waals surface area (Å²) in [4.78, 5) is 15.0. The minimum absolute atomic E-state index is 0.0456. The second-order valence-electron chi connectivity index (χ2n) is 7.69. The number of methoxy groups -OCH3 is 1. The quantitative estimate of drug-likeness (QED) is 0.620. The first-order chi connectivity index (χ1) is 14.9. The number of nitrogens with zero attached hydrogens (tertiary/aromatic N) is 1. The fourth-order valence-corrected chi connectivity index (χ4v) is 4.62. The molecule has 8 heteroatoms. The van der Waals surface area contributed by atoms with Crippen molar-refractivity contribution in [3.8, 4) is 5.75 Å². The van der Waals surface area contributed by atoms with E-state index in [1.54, 1.807) is 26.2 Å². The third-order valence-electron chi connectivity index (χ3n) is 5.59. The fourth-order valence-electron chi connectivity index (χ4n) is 3.77. The van der Waals surface area contributed by atoms with Crippen molar-refractivity contribution < 1.29 is 17.9 Å². The maximum Gasteiger partial charge on any atom is 0.251 e. The molecule has 0 radical (unpaired) electrons. The fraction of sp³-hybridized carbons (Fsp3) is 0.435. The van der Waals surface area contributed by atoms with E-state index in [1.165, 1.54) is 0 Å². The molecule has 2 unspecified atom stereocenters. The van der Waals surface area contributed by atoms with Crippen LogP contribution in [0.5, 0.6) is 5.75 Å². The molecular formula is C23H31N3O4S. The molecule has 0 aliphatic carbocycles. The summed E-state index contributed by atoms with van der Waals surface area (Å²) in [6.45, 7) is 2.91. The van der Waals surface area contributed by atoms with Crippen LogP contribution < -0.4 is 14.8 Å². The Morgan fingerprint density at radius 2 is 1.84 bits per heavy atom. The highest BCUT2D eigenvalue weighted by atomic mass is 32.2. The van der Waals surface area contributed by atoms with Crippen LogP contribution in [0, 0.1) is 0 Å². The molecule has 2 atom stereocenters. The zero-order valence-corrected chi connectivity index (χ0v) is 18.9. The predicted molar refractivity (Wildman–Crippen MR) is 121 cm³/mol. The molecule has 1 saturated heterocycles. The minimum atomic E-state index is -3.32. The molecule has 3 rings (SSSR count). The van der Waals surface area contributed by atoms with Gasteiger partial charge in [0, 0.05) is 12.1 Å². The number of nitrogens with one attached hydrogen (secondary N) is 2. The van der Waals surface area contributed by atoms with E-state index in [-0.39, 0.29) is 23.9 Å². The molecular weight excluding hydrogens is 414 g/mol. The molecule has 1 fully saturated rings. The van der Waals surface area contributed by atoms with Crippen molar-refractivity contribution in [2.45, 2.75) is 38.4 Å². The van der Waals surface area contributed by atoms with Crippen LogP contribution in [0.3, 0.4) is 0 Å². The van der Waals surface area contributed by atoms with Gasteiger partial charge >= 0.3 is 0 Å². The SMILES string of the molecule is CCS(=O)(=O)NC1CCCCN1CC(NC(=O)c1ccccc1)c1ccc(OC)cc1. The lowest BCUT2D eigenvalue weighted by Crippen LogP contribution is -2.53. The van der Waals surface area contributed by atoms with Crippen molar-refractivity contribution in [2.75, 3.05) is 26.0 Å². The number of amides is 1. The number of benzene rings is 2. The molecule has 2 N–H and O–H groups in total. The van der Waals surface area contributed by atoms with E-state index in [0.717, 1.165) is 37.1 Å². The van der Waals surface area contributed by atoms with Crippen molar-refractivity contribution >= 4 is 15.9 Å². The molecule has 0 aromatic heterocycles. The van der Waals surface area contributed by atoms with Gasteiger partial charge in [0.15, 0.2) is 0 Å². The Bertz CT molecular complexity index is 949. The summed E-state index contributed by atoms with van der Waals surface area (Å²) < 4.78 is 32.4. The van der Waals surface area contributed by atoms with Gasteiger partial charge in [-0.05, 0) is 62.6 Å². The van der Waals surface area contributed by atoms with E-state index < -0.39 is 10.0 Å². The number of carbonyl (C=O) groups is 1. The maximum atomic E-state index is 12.9. The van der Waals surface area contributed by atoms with E-state index in [9.17, 15) is 13.2 Å². The summed E-state index contributed by atoms with van der Waals surface area (Å²) >= 11 is 0. The predicted octanol–water partition coefficient (Wildman–Crippen LogP) is 2.92. The zero-order valence-electron chi connectivity index (χ0n) is 18.1. The van der Waals surface area contributed by atoms with Crippen molar-refractivity contribution in [3.05, 3.63) is 65.7 Å². The van der Waals surface area contributed by atoms with Gasteiger partial charge in [-0.3, -0.25) is 9.69 Å². The minimum Gasteiger partial charge on any atom is -0.497 e. The molecule has 2 aromatic carbocycles. The van der Waals surface area contributed by atoms with Crippen LogP contribution in [-0.4, -0.2) is 51.3 Å². The van der Waals surface area contributed by atoms with Crippen LogP contribution in [0.25, 0.3) is 0 Å². The standard InChI is InChI=1S/C23H31N3O4S/c1-3-31(28,29)25-22-11-7-8-16-26(22)17-21(18-12-14-20(30-2)15-13-18)24-23(27)19-9-5-4-6-10-19/h4-6,9-10,12-15,21-22,25H,3,7-8,11,16-17H2,1-2H3,(H,24,27). The summed E-state index contributed by atoms with van der Waals surface area (Å²) in [6, 6.07) is 16.4. The second-order valence-corrected chi connectivity index (χ2v) is 9.74. The van der Waals surface area contributed by atoms with Gasteiger partial charge in [-0.1, -0.05) is 30.3 Å². The highest BCUT2D eigenvalue weighted by molar-refractivity contribution is 7.89. The number of hydrogen-bond donors (Lipinski definition) is 2. The van der Waals surface area contributed by atoms with Crippen LogP contribution in [0.4, 0.5) is 0 Å². The molecule has 1 amide bonds. The molecule has 0 bridgehead atoms. The number of rotatable bonds is 9. The topological polar surface area (TPSA) is 87.7 Å². The molecule has 7 nitrogen and oxygen atoms in total. The maximum absolute atomic E-state index is 12.9.